The zero-order valence-electron chi connectivity index (χ0n) is 13.6. The van der Waals surface area contributed by atoms with E-state index in [1.165, 1.54) is 5.56 Å². The molecule has 0 saturated carbocycles. The van der Waals surface area contributed by atoms with Crippen LogP contribution in [-0.2, 0) is 23.0 Å². The minimum atomic E-state index is -3.44. The third kappa shape index (κ3) is 5.09. The van der Waals surface area contributed by atoms with Crippen molar-refractivity contribution in [3.8, 4) is 0 Å². The van der Waals surface area contributed by atoms with E-state index in [2.05, 4.69) is 23.9 Å². The van der Waals surface area contributed by atoms with E-state index in [9.17, 15) is 8.42 Å². The number of rotatable bonds is 9. The molecule has 0 aliphatic rings. The fourth-order valence-corrected chi connectivity index (χ4v) is 3.86. The average molecular weight is 312 g/mol. The summed E-state index contributed by atoms with van der Waals surface area (Å²) in [4.78, 5) is 0.361. The molecule has 0 radical (unpaired) electrons. The van der Waals surface area contributed by atoms with Crippen LogP contribution >= 0.6 is 0 Å². The summed E-state index contributed by atoms with van der Waals surface area (Å²) in [6, 6.07) is 5.43. The number of hydrogen-bond acceptors (Lipinski definition) is 3. The summed E-state index contributed by atoms with van der Waals surface area (Å²) in [6.45, 7) is 6.83. The minimum absolute atomic E-state index is 0.0126. The van der Waals surface area contributed by atoms with E-state index in [-0.39, 0.29) is 6.04 Å². The molecular formula is C16H28N2O2S. The fourth-order valence-electron chi connectivity index (χ4n) is 2.45. The highest BCUT2D eigenvalue weighted by atomic mass is 32.2. The lowest BCUT2D eigenvalue weighted by Gasteiger charge is -2.17. The van der Waals surface area contributed by atoms with Gasteiger partial charge in [-0.15, -0.1) is 0 Å². The molecule has 2 N–H and O–H groups in total. The number of aryl methyl sites for hydroxylation is 1. The van der Waals surface area contributed by atoms with Crippen molar-refractivity contribution in [2.75, 3.05) is 7.05 Å². The van der Waals surface area contributed by atoms with Crippen molar-refractivity contribution in [2.24, 2.45) is 0 Å². The molecule has 1 aromatic carbocycles. The first-order chi connectivity index (χ1) is 9.98. The monoisotopic (exact) mass is 312 g/mol. The van der Waals surface area contributed by atoms with Gasteiger partial charge in [0.05, 0.1) is 4.90 Å². The highest BCUT2D eigenvalue weighted by Gasteiger charge is 2.19. The summed E-state index contributed by atoms with van der Waals surface area (Å²) in [5.74, 6) is 0. The van der Waals surface area contributed by atoms with Crippen molar-refractivity contribution in [3.05, 3.63) is 29.3 Å². The molecule has 0 heterocycles. The summed E-state index contributed by atoms with van der Waals surface area (Å²) >= 11 is 0. The van der Waals surface area contributed by atoms with Crippen LogP contribution in [0.2, 0.25) is 0 Å². The standard InChI is InChI=1S/C16H28N2O2S/c1-5-8-15(7-3)18-21(19,20)16-10-9-13(6-2)14(11-16)12-17-4/h9-11,15,17-18H,5-8,12H2,1-4H3. The van der Waals surface area contributed by atoms with Gasteiger partial charge in [0.1, 0.15) is 0 Å². The maximum atomic E-state index is 12.5. The van der Waals surface area contributed by atoms with Crippen LogP contribution in [0.3, 0.4) is 0 Å². The maximum Gasteiger partial charge on any atom is 0.240 e. The van der Waals surface area contributed by atoms with E-state index in [0.29, 0.717) is 11.4 Å². The minimum Gasteiger partial charge on any atom is -0.316 e. The van der Waals surface area contributed by atoms with Crippen LogP contribution in [0.4, 0.5) is 0 Å². The molecule has 0 fully saturated rings. The zero-order chi connectivity index (χ0) is 15.9. The predicted octanol–water partition coefficient (Wildman–Crippen LogP) is 2.83. The third-order valence-electron chi connectivity index (χ3n) is 3.69. The van der Waals surface area contributed by atoms with Crippen LogP contribution in [0, 0.1) is 0 Å². The van der Waals surface area contributed by atoms with Crippen molar-refractivity contribution >= 4 is 10.0 Å². The number of benzene rings is 1. The summed E-state index contributed by atoms with van der Waals surface area (Å²) < 4.78 is 27.8. The van der Waals surface area contributed by atoms with Gasteiger partial charge in [0.2, 0.25) is 10.0 Å². The van der Waals surface area contributed by atoms with Crippen LogP contribution in [0.25, 0.3) is 0 Å². The lowest BCUT2D eigenvalue weighted by Crippen LogP contribution is -2.34. The molecule has 0 saturated heterocycles. The summed E-state index contributed by atoms with van der Waals surface area (Å²) in [6.07, 6.45) is 3.55. The SMILES string of the molecule is CCCC(CC)NS(=O)(=O)c1ccc(CC)c(CNC)c1. The van der Waals surface area contributed by atoms with E-state index in [4.69, 9.17) is 0 Å². The van der Waals surface area contributed by atoms with Gasteiger partial charge in [-0.3, -0.25) is 0 Å². The number of nitrogens with one attached hydrogen (secondary N) is 2. The third-order valence-corrected chi connectivity index (χ3v) is 5.21. The highest BCUT2D eigenvalue weighted by Crippen LogP contribution is 2.18. The molecule has 5 heteroatoms. The summed E-state index contributed by atoms with van der Waals surface area (Å²) in [7, 11) is -1.57. The summed E-state index contributed by atoms with van der Waals surface area (Å²) in [5.41, 5.74) is 2.23. The Labute approximate surface area is 129 Å². The molecule has 4 nitrogen and oxygen atoms in total. The average Bonchev–Trinajstić information content (AvgIpc) is 2.46. The van der Waals surface area contributed by atoms with Gasteiger partial charge in [0.25, 0.3) is 0 Å². The van der Waals surface area contributed by atoms with Crippen LogP contribution in [0.1, 0.15) is 51.2 Å². The first-order valence-electron chi connectivity index (χ1n) is 7.77. The number of hydrogen-bond donors (Lipinski definition) is 2. The Morgan fingerprint density at radius 3 is 2.38 bits per heavy atom. The molecule has 0 bridgehead atoms. The van der Waals surface area contributed by atoms with Crippen molar-refractivity contribution in [2.45, 2.75) is 63.9 Å². The van der Waals surface area contributed by atoms with Crippen LogP contribution in [-0.4, -0.2) is 21.5 Å². The molecule has 21 heavy (non-hydrogen) atoms. The van der Waals surface area contributed by atoms with Gasteiger partial charge in [-0.05, 0) is 49.6 Å². The van der Waals surface area contributed by atoms with Crippen LogP contribution in [0.15, 0.2) is 23.1 Å². The lowest BCUT2D eigenvalue weighted by atomic mass is 10.1. The van der Waals surface area contributed by atoms with Crippen molar-refractivity contribution < 1.29 is 8.42 Å². The second kappa shape index (κ2) is 8.51. The Kier molecular flexibility index (Phi) is 7.35. The van der Waals surface area contributed by atoms with Crippen LogP contribution in [0.5, 0.6) is 0 Å². The highest BCUT2D eigenvalue weighted by molar-refractivity contribution is 7.89. The second-order valence-corrected chi connectivity index (χ2v) is 7.04. The fraction of sp³-hybridized carbons (Fsp3) is 0.625. The molecule has 0 aliphatic carbocycles. The molecule has 0 aromatic heterocycles. The Morgan fingerprint density at radius 2 is 1.86 bits per heavy atom. The van der Waals surface area contributed by atoms with Gasteiger partial charge >= 0.3 is 0 Å². The normalized spacial score (nSPS) is 13.3. The van der Waals surface area contributed by atoms with Gasteiger partial charge in [-0.1, -0.05) is 33.3 Å². The Balaban J connectivity index is 3.04. The first-order valence-corrected chi connectivity index (χ1v) is 9.25. The quantitative estimate of drug-likeness (QED) is 0.737. The number of sulfonamides is 1. The Bertz CT molecular complexity index is 541. The molecule has 0 amide bonds. The van der Waals surface area contributed by atoms with E-state index >= 15 is 0 Å². The molecule has 120 valence electrons. The first kappa shape index (κ1) is 18.1. The Morgan fingerprint density at radius 1 is 1.14 bits per heavy atom. The smallest absolute Gasteiger partial charge is 0.240 e. The van der Waals surface area contributed by atoms with E-state index in [1.807, 2.05) is 20.0 Å². The molecule has 1 atom stereocenters. The molecule has 0 spiro atoms. The van der Waals surface area contributed by atoms with Crippen molar-refractivity contribution in [3.63, 3.8) is 0 Å². The topological polar surface area (TPSA) is 58.2 Å². The van der Waals surface area contributed by atoms with Crippen molar-refractivity contribution in [1.29, 1.82) is 0 Å². The van der Waals surface area contributed by atoms with E-state index in [0.717, 1.165) is 31.2 Å². The second-order valence-electron chi connectivity index (χ2n) is 5.33. The largest absolute Gasteiger partial charge is 0.316 e. The van der Waals surface area contributed by atoms with Gasteiger partial charge < -0.3 is 5.32 Å². The molecule has 1 rings (SSSR count). The maximum absolute atomic E-state index is 12.5. The van der Waals surface area contributed by atoms with Crippen molar-refractivity contribution in [1.82, 2.24) is 10.0 Å². The molecular weight excluding hydrogens is 284 g/mol. The van der Waals surface area contributed by atoms with Crippen LogP contribution < -0.4 is 10.0 Å². The molecule has 1 unspecified atom stereocenters. The van der Waals surface area contributed by atoms with Gasteiger partial charge in [-0.25, -0.2) is 13.1 Å². The van der Waals surface area contributed by atoms with E-state index in [1.54, 1.807) is 12.1 Å². The van der Waals surface area contributed by atoms with Gasteiger partial charge in [-0.2, -0.15) is 0 Å². The molecule has 1 aromatic rings. The van der Waals surface area contributed by atoms with Gasteiger partial charge in [0.15, 0.2) is 0 Å². The Hall–Kier alpha value is -0.910. The lowest BCUT2D eigenvalue weighted by molar-refractivity contribution is 0.512. The summed E-state index contributed by atoms with van der Waals surface area (Å²) in [5, 5.41) is 3.09. The predicted molar refractivity (Wildman–Crippen MR) is 87.9 cm³/mol. The van der Waals surface area contributed by atoms with E-state index < -0.39 is 10.0 Å². The van der Waals surface area contributed by atoms with Gasteiger partial charge in [0, 0.05) is 12.6 Å². The molecule has 0 aliphatic heterocycles. The zero-order valence-corrected chi connectivity index (χ0v) is 14.4.